The third-order valence-corrected chi connectivity index (χ3v) is 0.676. The molecule has 0 aliphatic rings. The Hall–Kier alpha value is 0.130. The molecule has 0 rings (SSSR count). The van der Waals surface area contributed by atoms with E-state index in [0.717, 1.165) is 0 Å². The van der Waals surface area contributed by atoms with Gasteiger partial charge in [-0.3, -0.25) is 11.5 Å². The van der Waals surface area contributed by atoms with Gasteiger partial charge in [0.15, 0.2) is 5.85 Å². The lowest BCUT2D eigenvalue weighted by Crippen LogP contribution is -2.51. The van der Waals surface area contributed by atoms with Crippen molar-refractivity contribution in [1.82, 2.24) is 0 Å². The summed E-state index contributed by atoms with van der Waals surface area (Å²) in [4.78, 5) is 0. The Morgan fingerprint density at radius 2 is 2.00 bits per heavy atom. The molecule has 0 spiro atoms. The fraction of sp³-hybridized carbons (Fsp3) is 1.00. The molecule has 0 radical (unpaired) electrons. The van der Waals surface area contributed by atoms with Crippen molar-refractivity contribution in [2.24, 2.45) is 17.2 Å². The average molecular weight is 140 g/mol. The minimum Gasteiger partial charge on any atom is -0.363 e. The van der Waals surface area contributed by atoms with E-state index >= 15 is 0 Å². The zero-order valence-corrected chi connectivity index (χ0v) is 5.10. The van der Waals surface area contributed by atoms with Crippen LogP contribution in [0.2, 0.25) is 0 Å². The Morgan fingerprint density at radius 1 is 1.62 bits per heavy atom. The van der Waals surface area contributed by atoms with Crippen molar-refractivity contribution in [3.05, 3.63) is 0 Å². The van der Waals surface area contributed by atoms with Crippen LogP contribution in [0.3, 0.4) is 0 Å². The maximum atomic E-state index is 8.58. The van der Waals surface area contributed by atoms with Crippen molar-refractivity contribution in [2.45, 2.75) is 17.8 Å². The van der Waals surface area contributed by atoms with Crippen molar-refractivity contribution in [1.29, 1.82) is 0 Å². The Morgan fingerprint density at radius 3 is 2.00 bits per heavy atom. The highest BCUT2D eigenvalue weighted by Crippen LogP contribution is 1.99. The Labute approximate surface area is 52.6 Å². The van der Waals surface area contributed by atoms with Gasteiger partial charge in [-0.25, -0.2) is 0 Å². The van der Waals surface area contributed by atoms with Crippen LogP contribution in [0.1, 0.15) is 6.42 Å². The van der Waals surface area contributed by atoms with Gasteiger partial charge in [-0.1, -0.05) is 0 Å². The molecule has 0 fully saturated rings. The highest BCUT2D eigenvalue weighted by Gasteiger charge is 2.16. The van der Waals surface area contributed by atoms with Gasteiger partial charge in [-0.15, -0.1) is 11.6 Å². The maximum absolute atomic E-state index is 8.58. The second-order valence-corrected chi connectivity index (χ2v) is 2.27. The van der Waals surface area contributed by atoms with E-state index in [0.29, 0.717) is 0 Å². The van der Waals surface area contributed by atoms with Crippen LogP contribution in [0.5, 0.6) is 0 Å². The van der Waals surface area contributed by atoms with Crippen LogP contribution in [-0.2, 0) is 0 Å². The first-order valence-electron chi connectivity index (χ1n) is 2.11. The lowest BCUT2D eigenvalue weighted by Gasteiger charge is -2.17. The Bertz CT molecular complexity index is 69.4. The van der Waals surface area contributed by atoms with Crippen LogP contribution in [0.15, 0.2) is 0 Å². The molecule has 5 heteroatoms. The van der Waals surface area contributed by atoms with Crippen molar-refractivity contribution in [3.8, 4) is 0 Å². The van der Waals surface area contributed by atoms with Crippen LogP contribution in [0.4, 0.5) is 0 Å². The Balaban J connectivity index is 3.39. The summed E-state index contributed by atoms with van der Waals surface area (Å²) < 4.78 is 0. The highest BCUT2D eigenvalue weighted by atomic mass is 35.5. The second-order valence-electron chi connectivity index (χ2n) is 1.71. The van der Waals surface area contributed by atoms with Gasteiger partial charge in [0.2, 0.25) is 0 Å². The van der Waals surface area contributed by atoms with E-state index in [-0.39, 0.29) is 6.42 Å². The Kier molecular flexibility index (Phi) is 2.65. The van der Waals surface area contributed by atoms with E-state index < -0.39 is 11.3 Å². The highest BCUT2D eigenvalue weighted by molar-refractivity contribution is 6.20. The van der Waals surface area contributed by atoms with Crippen LogP contribution >= 0.6 is 11.6 Å². The SMILES string of the molecule is NC(Cl)CC(N)(N)O. The monoisotopic (exact) mass is 139 g/mol. The number of rotatable bonds is 2. The van der Waals surface area contributed by atoms with E-state index in [2.05, 4.69) is 0 Å². The summed E-state index contributed by atoms with van der Waals surface area (Å²) in [5.41, 5.74) is 14.1. The van der Waals surface area contributed by atoms with Crippen LogP contribution in [-0.4, -0.2) is 16.5 Å². The van der Waals surface area contributed by atoms with Gasteiger partial charge in [0, 0.05) is 6.42 Å². The molecule has 0 saturated heterocycles. The predicted molar refractivity (Wildman–Crippen MR) is 31.8 cm³/mol. The molecule has 8 heavy (non-hydrogen) atoms. The van der Waals surface area contributed by atoms with Crippen molar-refractivity contribution < 1.29 is 5.11 Å². The first-order valence-corrected chi connectivity index (χ1v) is 2.55. The molecule has 0 bridgehead atoms. The van der Waals surface area contributed by atoms with Crippen LogP contribution < -0.4 is 17.2 Å². The van der Waals surface area contributed by atoms with E-state index in [1.165, 1.54) is 0 Å². The molecule has 7 N–H and O–H groups in total. The topological polar surface area (TPSA) is 98.3 Å². The van der Waals surface area contributed by atoms with Crippen molar-refractivity contribution in [3.63, 3.8) is 0 Å². The number of halogens is 1. The summed E-state index contributed by atoms with van der Waals surface area (Å²) in [6.45, 7) is 0. The number of alkyl halides is 1. The van der Waals surface area contributed by atoms with E-state index in [4.69, 9.17) is 33.9 Å². The van der Waals surface area contributed by atoms with Gasteiger partial charge in [-0.05, 0) is 0 Å². The molecule has 50 valence electrons. The van der Waals surface area contributed by atoms with Gasteiger partial charge in [-0.2, -0.15) is 0 Å². The van der Waals surface area contributed by atoms with E-state index in [9.17, 15) is 0 Å². The molecule has 0 heterocycles. The molecular formula is C3H10ClN3O. The zero-order valence-electron chi connectivity index (χ0n) is 4.34. The molecular weight excluding hydrogens is 130 g/mol. The fourth-order valence-electron chi connectivity index (χ4n) is 0.312. The summed E-state index contributed by atoms with van der Waals surface area (Å²) >= 11 is 5.22. The molecule has 4 nitrogen and oxygen atoms in total. The minimum atomic E-state index is -1.73. The second kappa shape index (κ2) is 2.61. The number of hydrogen-bond donors (Lipinski definition) is 4. The molecule has 0 aromatic carbocycles. The molecule has 0 amide bonds. The normalized spacial score (nSPS) is 16.1. The zero-order chi connectivity index (χ0) is 6.78. The molecule has 1 unspecified atom stereocenters. The summed E-state index contributed by atoms with van der Waals surface area (Å²) in [7, 11) is 0. The van der Waals surface area contributed by atoms with Gasteiger partial charge in [0.25, 0.3) is 0 Å². The molecule has 0 aromatic heterocycles. The third kappa shape index (κ3) is 6.13. The van der Waals surface area contributed by atoms with Gasteiger partial charge >= 0.3 is 0 Å². The summed E-state index contributed by atoms with van der Waals surface area (Å²) in [6, 6.07) is 0. The minimum absolute atomic E-state index is 0.0193. The van der Waals surface area contributed by atoms with Crippen LogP contribution in [0, 0.1) is 0 Å². The summed E-state index contributed by atoms with van der Waals surface area (Å²) in [6.07, 6.45) is -0.0193. The first kappa shape index (κ1) is 8.13. The van der Waals surface area contributed by atoms with Gasteiger partial charge < -0.3 is 10.8 Å². The molecule has 0 aliphatic heterocycles. The van der Waals surface area contributed by atoms with Gasteiger partial charge in [0.05, 0.1) is 5.50 Å². The lowest BCUT2D eigenvalue weighted by molar-refractivity contribution is 0.0444. The standard InChI is InChI=1S/C3H10ClN3O/c4-2(5)1-3(6,7)8/h2,8H,1,5-7H2. The van der Waals surface area contributed by atoms with Gasteiger partial charge in [0.1, 0.15) is 0 Å². The first-order chi connectivity index (χ1) is 3.42. The predicted octanol–water partition coefficient (Wildman–Crippen LogP) is -1.54. The number of nitrogens with two attached hydrogens (primary N) is 3. The maximum Gasteiger partial charge on any atom is 0.169 e. The average Bonchev–Trinajstić information content (AvgIpc) is 1.21. The summed E-state index contributed by atoms with van der Waals surface area (Å²) in [5, 5.41) is 8.58. The molecule has 0 saturated carbocycles. The number of aliphatic hydroxyl groups is 1. The fourth-order valence-corrected chi connectivity index (χ4v) is 0.560. The molecule has 0 aromatic rings. The number of hydrogen-bond acceptors (Lipinski definition) is 4. The lowest BCUT2D eigenvalue weighted by atomic mass is 10.3. The van der Waals surface area contributed by atoms with E-state index in [1.54, 1.807) is 0 Å². The molecule has 1 atom stereocenters. The van der Waals surface area contributed by atoms with Crippen molar-refractivity contribution >= 4 is 11.6 Å². The van der Waals surface area contributed by atoms with Crippen LogP contribution in [0.25, 0.3) is 0 Å². The smallest absolute Gasteiger partial charge is 0.169 e. The third-order valence-electron chi connectivity index (χ3n) is 0.522. The molecule has 0 aliphatic carbocycles. The largest absolute Gasteiger partial charge is 0.363 e. The van der Waals surface area contributed by atoms with E-state index in [1.807, 2.05) is 0 Å². The quantitative estimate of drug-likeness (QED) is 0.212. The van der Waals surface area contributed by atoms with Crippen molar-refractivity contribution in [2.75, 3.05) is 0 Å². The summed E-state index contributed by atoms with van der Waals surface area (Å²) in [5.74, 6) is -1.73.